The number of allylic oxidation sites excluding steroid dienone is 1. The van der Waals surface area contributed by atoms with Gasteiger partial charge in [0.25, 0.3) is 0 Å². The Morgan fingerprint density at radius 1 is 0.941 bits per heavy atom. The molecule has 0 radical (unpaired) electrons. The van der Waals surface area contributed by atoms with Crippen LogP contribution in [0.5, 0.6) is 17.2 Å². The standard InChI is InChI=1S/C27H25NO6/c1-27(2,18-5-4-6-19(28)14-18)24(25(29)16-7-10-20(32-3)11-8-16)23(26(30)31)17-9-12-21-22(13-17)34-15-33-21/h4-14H,15,28H2,1-3H3,(H,30,31). The molecule has 0 unspecified atom stereocenters. The van der Waals surface area contributed by atoms with Crippen LogP contribution in [-0.2, 0) is 10.2 Å². The van der Waals surface area contributed by atoms with Crippen LogP contribution in [0.3, 0.4) is 0 Å². The van der Waals surface area contributed by atoms with Gasteiger partial charge in [-0.1, -0.05) is 32.0 Å². The number of methoxy groups -OCH3 is 1. The second kappa shape index (κ2) is 8.94. The Bertz CT molecular complexity index is 1290. The Morgan fingerprint density at radius 2 is 1.62 bits per heavy atom. The van der Waals surface area contributed by atoms with Crippen LogP contribution in [0.15, 0.2) is 72.3 Å². The molecule has 0 aromatic heterocycles. The maximum atomic E-state index is 14.0. The molecule has 0 spiro atoms. The van der Waals surface area contributed by atoms with E-state index in [9.17, 15) is 14.7 Å². The van der Waals surface area contributed by atoms with Crippen molar-refractivity contribution in [3.63, 3.8) is 0 Å². The first-order valence-corrected chi connectivity index (χ1v) is 10.6. The van der Waals surface area contributed by atoms with Crippen molar-refractivity contribution in [1.82, 2.24) is 0 Å². The number of carboxylic acids is 1. The quantitative estimate of drug-likeness (QED) is 0.299. The van der Waals surface area contributed by atoms with Crippen LogP contribution in [0.1, 0.15) is 35.3 Å². The zero-order valence-electron chi connectivity index (χ0n) is 19.1. The molecule has 3 aromatic rings. The van der Waals surface area contributed by atoms with Gasteiger partial charge < -0.3 is 25.1 Å². The Morgan fingerprint density at radius 3 is 2.26 bits per heavy atom. The molecule has 3 aromatic carbocycles. The Labute approximate surface area is 197 Å². The number of rotatable bonds is 7. The largest absolute Gasteiger partial charge is 0.497 e. The lowest BCUT2D eigenvalue weighted by Gasteiger charge is -2.30. The molecule has 0 atom stereocenters. The summed E-state index contributed by atoms with van der Waals surface area (Å²) in [5.41, 5.74) is 6.93. The summed E-state index contributed by atoms with van der Waals surface area (Å²) in [6.07, 6.45) is 0. The van der Waals surface area contributed by atoms with Gasteiger partial charge in [0.2, 0.25) is 6.79 Å². The van der Waals surface area contributed by atoms with Crippen LogP contribution in [0, 0.1) is 0 Å². The first-order valence-electron chi connectivity index (χ1n) is 10.6. The molecule has 0 fully saturated rings. The third kappa shape index (κ3) is 4.20. The van der Waals surface area contributed by atoms with E-state index in [1.54, 1.807) is 60.7 Å². The van der Waals surface area contributed by atoms with Crippen molar-refractivity contribution in [3.8, 4) is 17.2 Å². The van der Waals surface area contributed by atoms with Crippen molar-refractivity contribution in [2.45, 2.75) is 19.3 Å². The van der Waals surface area contributed by atoms with Gasteiger partial charge in [0.05, 0.1) is 12.7 Å². The van der Waals surface area contributed by atoms with E-state index in [4.69, 9.17) is 19.9 Å². The van der Waals surface area contributed by atoms with Gasteiger partial charge in [0, 0.05) is 22.2 Å². The molecule has 1 aliphatic heterocycles. The summed E-state index contributed by atoms with van der Waals surface area (Å²) in [6, 6.07) is 18.5. The van der Waals surface area contributed by atoms with Gasteiger partial charge in [-0.2, -0.15) is 0 Å². The van der Waals surface area contributed by atoms with Crippen LogP contribution < -0.4 is 19.9 Å². The highest BCUT2D eigenvalue weighted by Crippen LogP contribution is 2.41. The molecule has 7 heteroatoms. The number of ether oxygens (including phenoxy) is 3. The average Bonchev–Trinajstić information content (AvgIpc) is 3.29. The number of carbonyl (C=O) groups is 2. The molecule has 7 nitrogen and oxygen atoms in total. The first-order chi connectivity index (χ1) is 16.2. The second-order valence-corrected chi connectivity index (χ2v) is 8.43. The van der Waals surface area contributed by atoms with Crippen molar-refractivity contribution < 1.29 is 28.9 Å². The molecule has 0 saturated carbocycles. The van der Waals surface area contributed by atoms with E-state index in [1.165, 1.54) is 7.11 Å². The smallest absolute Gasteiger partial charge is 0.336 e. The molecule has 34 heavy (non-hydrogen) atoms. The topological polar surface area (TPSA) is 108 Å². The van der Waals surface area contributed by atoms with Gasteiger partial charge in [0.15, 0.2) is 17.3 Å². The fourth-order valence-electron chi connectivity index (χ4n) is 4.10. The van der Waals surface area contributed by atoms with Gasteiger partial charge in [0.1, 0.15) is 5.75 Å². The molecule has 174 valence electrons. The minimum Gasteiger partial charge on any atom is -0.497 e. The lowest BCUT2D eigenvalue weighted by atomic mass is 9.71. The lowest BCUT2D eigenvalue weighted by Crippen LogP contribution is -2.29. The minimum atomic E-state index is -1.23. The van der Waals surface area contributed by atoms with E-state index in [2.05, 4.69) is 0 Å². The number of fused-ring (bicyclic) bond motifs is 1. The number of Topliss-reactive ketones (excluding diaryl/α,β-unsaturated/α-hetero) is 1. The predicted molar refractivity (Wildman–Crippen MR) is 128 cm³/mol. The Hall–Kier alpha value is -4.26. The Kier molecular flexibility index (Phi) is 6.03. The SMILES string of the molecule is COc1ccc(C(=O)C(=C(C(=O)O)c2ccc3c(c2)OCO3)C(C)(C)c2cccc(N)c2)cc1. The molecular weight excluding hydrogens is 434 g/mol. The van der Waals surface area contributed by atoms with E-state index >= 15 is 0 Å². The highest BCUT2D eigenvalue weighted by Gasteiger charge is 2.37. The number of ketones is 1. The number of nitrogens with two attached hydrogens (primary N) is 1. The molecule has 0 amide bonds. The summed E-state index contributed by atoms with van der Waals surface area (Å²) < 4.78 is 16.0. The van der Waals surface area contributed by atoms with Crippen LogP contribution in [0.25, 0.3) is 5.57 Å². The molecule has 1 heterocycles. The second-order valence-electron chi connectivity index (χ2n) is 8.43. The number of anilines is 1. The van der Waals surface area contributed by atoms with Gasteiger partial charge in [-0.3, -0.25) is 4.79 Å². The number of aliphatic carboxylic acids is 1. The molecule has 3 N–H and O–H groups in total. The van der Waals surface area contributed by atoms with Crippen LogP contribution in [0.2, 0.25) is 0 Å². The highest BCUT2D eigenvalue weighted by atomic mass is 16.7. The average molecular weight is 459 g/mol. The van der Waals surface area contributed by atoms with E-state index in [0.717, 1.165) is 0 Å². The Balaban J connectivity index is 1.98. The number of hydrogen-bond acceptors (Lipinski definition) is 6. The van der Waals surface area contributed by atoms with Gasteiger partial charge in [-0.15, -0.1) is 0 Å². The molecular formula is C27H25NO6. The summed E-state index contributed by atoms with van der Waals surface area (Å²) in [5, 5.41) is 10.4. The zero-order chi connectivity index (χ0) is 24.5. The number of nitrogen functional groups attached to an aromatic ring is 1. The van der Waals surface area contributed by atoms with Gasteiger partial charge in [-0.05, 0) is 59.7 Å². The van der Waals surface area contributed by atoms with Crippen LogP contribution in [0.4, 0.5) is 5.69 Å². The molecule has 1 aliphatic rings. The van der Waals surface area contributed by atoms with Crippen molar-refractivity contribution in [2.75, 3.05) is 19.6 Å². The number of carboxylic acid groups (broad SMARTS) is 1. The zero-order valence-corrected chi connectivity index (χ0v) is 19.1. The summed E-state index contributed by atoms with van der Waals surface area (Å²) in [6.45, 7) is 3.68. The van der Waals surface area contributed by atoms with Crippen LogP contribution >= 0.6 is 0 Å². The van der Waals surface area contributed by atoms with Crippen molar-refractivity contribution in [1.29, 1.82) is 0 Å². The summed E-state index contributed by atoms with van der Waals surface area (Å²) in [4.78, 5) is 26.6. The maximum Gasteiger partial charge on any atom is 0.336 e. The number of benzene rings is 3. The van der Waals surface area contributed by atoms with Crippen molar-refractivity contribution >= 4 is 23.0 Å². The third-order valence-corrected chi connectivity index (χ3v) is 5.94. The van der Waals surface area contributed by atoms with Crippen LogP contribution in [-0.4, -0.2) is 30.8 Å². The first kappa shape index (κ1) is 22.9. The van der Waals surface area contributed by atoms with E-state index < -0.39 is 17.2 Å². The summed E-state index contributed by atoms with van der Waals surface area (Å²) >= 11 is 0. The summed E-state index contributed by atoms with van der Waals surface area (Å²) in [5.74, 6) is -0.106. The lowest BCUT2D eigenvalue weighted by molar-refractivity contribution is -0.130. The minimum absolute atomic E-state index is 0.0529. The normalized spacial score (nSPS) is 13.3. The van der Waals surface area contributed by atoms with Crippen molar-refractivity contribution in [2.24, 2.45) is 0 Å². The summed E-state index contributed by atoms with van der Waals surface area (Å²) in [7, 11) is 1.53. The maximum absolute atomic E-state index is 14.0. The fourth-order valence-corrected chi connectivity index (χ4v) is 4.10. The van der Waals surface area contributed by atoms with Gasteiger partial charge >= 0.3 is 5.97 Å². The van der Waals surface area contributed by atoms with Gasteiger partial charge in [-0.25, -0.2) is 4.79 Å². The third-order valence-electron chi connectivity index (χ3n) is 5.94. The highest BCUT2D eigenvalue weighted by molar-refractivity contribution is 6.27. The molecule has 0 bridgehead atoms. The fraction of sp³-hybridized carbons (Fsp3) is 0.185. The number of carbonyl (C=O) groups excluding carboxylic acids is 1. The molecule has 0 aliphatic carbocycles. The predicted octanol–water partition coefficient (Wildman–Crippen LogP) is 4.71. The molecule has 4 rings (SSSR count). The van der Waals surface area contributed by atoms with Crippen molar-refractivity contribution in [3.05, 3.63) is 89.0 Å². The van der Waals surface area contributed by atoms with E-state index in [-0.39, 0.29) is 17.9 Å². The van der Waals surface area contributed by atoms with E-state index in [0.29, 0.717) is 39.6 Å². The monoisotopic (exact) mass is 459 g/mol. The van der Waals surface area contributed by atoms with E-state index in [1.807, 2.05) is 19.9 Å². The molecule has 0 saturated heterocycles. The number of hydrogen-bond donors (Lipinski definition) is 2.